The van der Waals surface area contributed by atoms with Crippen molar-refractivity contribution in [2.45, 2.75) is 31.1 Å². The monoisotopic (exact) mass is 312 g/mol. The molecule has 0 aromatic heterocycles. The van der Waals surface area contributed by atoms with Crippen LogP contribution in [0.4, 0.5) is 13.2 Å². The van der Waals surface area contributed by atoms with Gasteiger partial charge in [-0.3, -0.25) is 0 Å². The Morgan fingerprint density at radius 1 is 1.25 bits per heavy atom. The number of aliphatic hydroxyl groups excluding tert-OH is 1. The van der Waals surface area contributed by atoms with Crippen LogP contribution in [0.15, 0.2) is 24.3 Å². The lowest BCUT2D eigenvalue weighted by Crippen LogP contribution is -2.37. The lowest BCUT2D eigenvalue weighted by molar-refractivity contribution is -0.274. The number of alkyl halides is 3. The molecule has 1 N–H and O–H groups in total. The van der Waals surface area contributed by atoms with E-state index in [2.05, 4.69) is 4.74 Å². The first-order valence-corrected chi connectivity index (χ1v) is 7.47. The lowest BCUT2D eigenvalue weighted by atomic mass is 9.98. The van der Waals surface area contributed by atoms with Gasteiger partial charge in [0, 0.05) is 6.26 Å². The van der Waals surface area contributed by atoms with Crippen molar-refractivity contribution in [2.24, 2.45) is 0 Å². The molecule has 0 saturated heterocycles. The molecule has 8 heteroatoms. The summed E-state index contributed by atoms with van der Waals surface area (Å²) in [6.45, 7) is 2.59. The molecule has 0 fully saturated rings. The summed E-state index contributed by atoms with van der Waals surface area (Å²) < 4.78 is 61.8. The highest BCUT2D eigenvalue weighted by Crippen LogP contribution is 2.34. The molecule has 0 aliphatic heterocycles. The molecule has 1 aromatic rings. The van der Waals surface area contributed by atoms with E-state index in [-0.39, 0.29) is 5.56 Å². The molecule has 1 rings (SSSR count). The van der Waals surface area contributed by atoms with Crippen LogP contribution in [0.25, 0.3) is 0 Å². The average molecular weight is 312 g/mol. The van der Waals surface area contributed by atoms with Gasteiger partial charge in [0.15, 0.2) is 9.84 Å². The van der Waals surface area contributed by atoms with Gasteiger partial charge in [-0.1, -0.05) is 12.1 Å². The molecule has 1 atom stereocenters. The van der Waals surface area contributed by atoms with Crippen LogP contribution in [-0.2, 0) is 9.84 Å². The quantitative estimate of drug-likeness (QED) is 0.927. The van der Waals surface area contributed by atoms with Crippen LogP contribution in [0, 0.1) is 0 Å². The highest BCUT2D eigenvalue weighted by molar-refractivity contribution is 7.92. The topological polar surface area (TPSA) is 63.6 Å². The molecule has 0 aliphatic rings. The first-order valence-electron chi connectivity index (χ1n) is 5.58. The number of aliphatic hydroxyl groups is 1. The Morgan fingerprint density at radius 2 is 1.80 bits per heavy atom. The summed E-state index contributed by atoms with van der Waals surface area (Å²) in [5.41, 5.74) is 0.0298. The van der Waals surface area contributed by atoms with Crippen molar-refractivity contribution < 1.29 is 31.4 Å². The summed E-state index contributed by atoms with van der Waals surface area (Å²) in [4.78, 5) is 0. The van der Waals surface area contributed by atoms with E-state index in [0.717, 1.165) is 18.4 Å². The summed E-state index contributed by atoms with van der Waals surface area (Å²) in [7, 11) is -3.61. The van der Waals surface area contributed by atoms with E-state index >= 15 is 0 Å². The molecule has 0 heterocycles. The molecule has 0 aliphatic carbocycles. The van der Waals surface area contributed by atoms with Gasteiger partial charge in [0.2, 0.25) is 0 Å². The lowest BCUT2D eigenvalue weighted by Gasteiger charge is -2.29. The van der Waals surface area contributed by atoms with E-state index < -0.39 is 32.8 Å². The zero-order chi connectivity index (χ0) is 15.8. The molecular formula is C12H15F3O4S. The van der Waals surface area contributed by atoms with Crippen LogP contribution in [0.3, 0.4) is 0 Å². The Morgan fingerprint density at radius 3 is 2.25 bits per heavy atom. The standard InChI is InChI=1S/C12H15F3O4S/c1-11(2,20(3,17)18)10(16)8-5-4-6-9(7-8)19-12(13,14)15/h4-7,10,16H,1-3H3. The number of ether oxygens (including phenoxy) is 1. The zero-order valence-corrected chi connectivity index (χ0v) is 11.9. The maximum absolute atomic E-state index is 12.1. The molecule has 0 spiro atoms. The third kappa shape index (κ3) is 3.86. The van der Waals surface area contributed by atoms with Crippen LogP contribution in [-0.4, -0.2) is 30.9 Å². The smallest absolute Gasteiger partial charge is 0.406 e. The van der Waals surface area contributed by atoms with Crippen LogP contribution < -0.4 is 4.74 Å². The third-order valence-electron chi connectivity index (χ3n) is 3.02. The van der Waals surface area contributed by atoms with Gasteiger partial charge in [-0.25, -0.2) is 8.42 Å². The predicted octanol–water partition coefficient (Wildman–Crippen LogP) is 2.44. The second-order valence-corrected chi connectivity index (χ2v) is 7.49. The number of halogens is 3. The van der Waals surface area contributed by atoms with E-state index in [9.17, 15) is 26.7 Å². The van der Waals surface area contributed by atoms with Gasteiger partial charge in [0.25, 0.3) is 0 Å². The van der Waals surface area contributed by atoms with E-state index in [0.29, 0.717) is 0 Å². The fraction of sp³-hybridized carbons (Fsp3) is 0.500. The van der Waals surface area contributed by atoms with Gasteiger partial charge in [-0.2, -0.15) is 0 Å². The van der Waals surface area contributed by atoms with Crippen molar-refractivity contribution in [3.63, 3.8) is 0 Å². The van der Waals surface area contributed by atoms with E-state index in [4.69, 9.17) is 0 Å². The van der Waals surface area contributed by atoms with Gasteiger partial charge in [0.05, 0.1) is 10.9 Å². The van der Waals surface area contributed by atoms with Gasteiger partial charge in [0.1, 0.15) is 5.75 Å². The predicted molar refractivity (Wildman–Crippen MR) is 67.0 cm³/mol. The average Bonchev–Trinajstić information content (AvgIpc) is 2.24. The first kappa shape index (κ1) is 16.8. The SMILES string of the molecule is CC(C)(C(O)c1cccc(OC(F)(F)F)c1)S(C)(=O)=O. The Kier molecular flexibility index (Phi) is 4.40. The Labute approximate surface area is 115 Å². The Bertz CT molecular complexity index is 579. The number of benzene rings is 1. The van der Waals surface area contributed by atoms with Gasteiger partial charge >= 0.3 is 6.36 Å². The second-order valence-electron chi connectivity index (χ2n) is 4.90. The molecule has 114 valence electrons. The Balaban J connectivity index is 3.13. The molecule has 1 unspecified atom stereocenters. The number of hydrogen-bond acceptors (Lipinski definition) is 4. The van der Waals surface area contributed by atoms with Crippen LogP contribution >= 0.6 is 0 Å². The van der Waals surface area contributed by atoms with Crippen molar-refractivity contribution in [2.75, 3.05) is 6.26 Å². The highest BCUT2D eigenvalue weighted by atomic mass is 32.2. The van der Waals surface area contributed by atoms with Crippen molar-refractivity contribution in [3.05, 3.63) is 29.8 Å². The maximum atomic E-state index is 12.1. The normalized spacial score (nSPS) is 14.9. The van der Waals surface area contributed by atoms with Gasteiger partial charge in [-0.05, 0) is 31.5 Å². The Hall–Kier alpha value is -1.28. The summed E-state index contributed by atoms with van der Waals surface area (Å²) in [5.74, 6) is -0.515. The molecule has 1 aromatic carbocycles. The maximum Gasteiger partial charge on any atom is 0.573 e. The van der Waals surface area contributed by atoms with Crippen LogP contribution in [0.1, 0.15) is 25.5 Å². The summed E-state index contributed by atoms with van der Waals surface area (Å²) in [6.07, 6.45) is -5.38. The van der Waals surface area contributed by atoms with Crippen molar-refractivity contribution >= 4 is 9.84 Å². The molecule has 4 nitrogen and oxygen atoms in total. The number of rotatable bonds is 4. The minimum atomic E-state index is -4.85. The molecular weight excluding hydrogens is 297 g/mol. The largest absolute Gasteiger partial charge is 0.573 e. The van der Waals surface area contributed by atoms with Crippen LogP contribution in [0.2, 0.25) is 0 Å². The minimum Gasteiger partial charge on any atom is -0.406 e. The summed E-state index contributed by atoms with van der Waals surface area (Å²) >= 11 is 0. The molecule has 0 saturated carbocycles. The zero-order valence-electron chi connectivity index (χ0n) is 11.1. The molecule has 20 heavy (non-hydrogen) atoms. The third-order valence-corrected chi connectivity index (χ3v) is 5.16. The summed E-state index contributed by atoms with van der Waals surface area (Å²) in [6, 6.07) is 4.61. The first-order chi connectivity index (χ1) is 8.84. The van der Waals surface area contributed by atoms with Crippen molar-refractivity contribution in [1.29, 1.82) is 0 Å². The van der Waals surface area contributed by atoms with Gasteiger partial charge < -0.3 is 9.84 Å². The molecule has 0 amide bonds. The molecule has 0 bridgehead atoms. The van der Waals surface area contributed by atoms with Gasteiger partial charge in [-0.15, -0.1) is 13.2 Å². The van der Waals surface area contributed by atoms with Crippen molar-refractivity contribution in [3.8, 4) is 5.75 Å². The fourth-order valence-electron chi connectivity index (χ4n) is 1.49. The fourth-order valence-corrected chi connectivity index (χ4v) is 2.03. The second kappa shape index (κ2) is 5.25. The van der Waals surface area contributed by atoms with E-state index in [1.54, 1.807) is 0 Å². The minimum absolute atomic E-state index is 0.0298. The molecule has 0 radical (unpaired) electrons. The van der Waals surface area contributed by atoms with Crippen molar-refractivity contribution in [1.82, 2.24) is 0 Å². The number of hydrogen-bond donors (Lipinski definition) is 1. The van der Waals surface area contributed by atoms with E-state index in [1.165, 1.54) is 26.0 Å². The number of sulfone groups is 1. The highest BCUT2D eigenvalue weighted by Gasteiger charge is 2.39. The summed E-state index contributed by atoms with van der Waals surface area (Å²) in [5, 5.41) is 10.1. The van der Waals surface area contributed by atoms with E-state index in [1.807, 2.05) is 0 Å². The van der Waals surface area contributed by atoms with Crippen LogP contribution in [0.5, 0.6) is 5.75 Å².